The van der Waals surface area contributed by atoms with Gasteiger partial charge in [-0.3, -0.25) is 0 Å². The van der Waals surface area contributed by atoms with Crippen molar-refractivity contribution in [3.63, 3.8) is 0 Å². The molecule has 0 bridgehead atoms. The summed E-state index contributed by atoms with van der Waals surface area (Å²) in [6, 6.07) is 19.0. The number of fused-ring (bicyclic) bond motifs is 6. The van der Waals surface area contributed by atoms with Crippen LogP contribution in [0.3, 0.4) is 0 Å². The first-order valence-corrected chi connectivity index (χ1v) is 13.9. The third kappa shape index (κ3) is 3.15. The summed E-state index contributed by atoms with van der Waals surface area (Å²) in [6.07, 6.45) is 4.92. The van der Waals surface area contributed by atoms with Crippen molar-refractivity contribution in [2.24, 2.45) is 10.8 Å². The van der Waals surface area contributed by atoms with Crippen molar-refractivity contribution in [1.82, 2.24) is 30.6 Å². The minimum atomic E-state index is 0.331. The van der Waals surface area contributed by atoms with Gasteiger partial charge in [0.1, 0.15) is 11.6 Å². The molecule has 0 radical (unpaired) electrons. The molecule has 6 nitrogen and oxygen atoms in total. The number of benzene rings is 3. The Balaban J connectivity index is 0.992. The molecule has 5 aromatic rings. The highest BCUT2D eigenvalue weighted by atomic mass is 15.1. The van der Waals surface area contributed by atoms with Crippen LogP contribution in [0.25, 0.3) is 32.8 Å². The van der Waals surface area contributed by atoms with E-state index in [0.29, 0.717) is 35.0 Å². The van der Waals surface area contributed by atoms with Crippen LogP contribution in [-0.2, 0) is 0 Å². The average Bonchev–Trinajstić information content (AvgIpc) is 3.40. The Morgan fingerprint density at radius 3 is 2.08 bits per heavy atom. The van der Waals surface area contributed by atoms with E-state index in [0.717, 1.165) is 57.7 Å². The van der Waals surface area contributed by atoms with E-state index in [1.807, 2.05) is 0 Å². The van der Waals surface area contributed by atoms with E-state index < -0.39 is 0 Å². The molecule has 4 fully saturated rings. The normalized spacial score (nSPS) is 32.9. The van der Waals surface area contributed by atoms with Gasteiger partial charge in [-0.1, -0.05) is 37.8 Å². The monoisotopic (exact) mass is 498 g/mol. The molecule has 9 rings (SSSR count). The summed E-state index contributed by atoms with van der Waals surface area (Å²) in [5.41, 5.74) is 7.14. The van der Waals surface area contributed by atoms with Crippen molar-refractivity contribution >= 4 is 32.8 Å². The fourth-order valence-electron chi connectivity index (χ4n) is 7.15. The number of aromatic nitrogens is 4. The molecule has 2 saturated heterocycles. The van der Waals surface area contributed by atoms with Gasteiger partial charge in [-0.25, -0.2) is 9.97 Å². The summed E-state index contributed by atoms with van der Waals surface area (Å²) in [5, 5.41) is 9.80. The third-order valence-electron chi connectivity index (χ3n) is 9.85. The van der Waals surface area contributed by atoms with Crippen LogP contribution in [0.1, 0.15) is 74.4 Å². The van der Waals surface area contributed by atoms with Gasteiger partial charge in [-0.05, 0) is 78.3 Å². The standard InChI is InChI=1S/C32H30N6/c1-31-13-24(33-26(31)15-31)29-35-21-9-6-18(12-23(21)37-29)4-3-17-5-8-20-19(11-17)7-10-22-28(20)38-30(36-22)25-14-32(2)16-27(32)34-25/h5-12,24-27,33-34H,13-16H2,1-2H3,(H,35,37)(H,36,38). The zero-order valence-corrected chi connectivity index (χ0v) is 21.7. The van der Waals surface area contributed by atoms with E-state index in [9.17, 15) is 0 Å². The lowest BCUT2D eigenvalue weighted by Gasteiger charge is -2.10. The van der Waals surface area contributed by atoms with Crippen molar-refractivity contribution in [1.29, 1.82) is 0 Å². The second-order valence-corrected chi connectivity index (χ2v) is 12.8. The molecule has 38 heavy (non-hydrogen) atoms. The lowest BCUT2D eigenvalue weighted by Crippen LogP contribution is -2.18. The van der Waals surface area contributed by atoms with E-state index >= 15 is 0 Å². The third-order valence-corrected chi connectivity index (χ3v) is 9.85. The number of hydrogen-bond donors (Lipinski definition) is 4. The number of piperidine rings is 2. The topological polar surface area (TPSA) is 81.4 Å². The van der Waals surface area contributed by atoms with E-state index in [-0.39, 0.29) is 0 Å². The molecule has 4 aliphatic rings. The molecule has 4 N–H and O–H groups in total. The average molecular weight is 499 g/mol. The molecule has 2 aromatic heterocycles. The van der Waals surface area contributed by atoms with Crippen LogP contribution in [0.5, 0.6) is 0 Å². The SMILES string of the molecule is CC12CC(c3nc4ccc(C#Cc5ccc6c(ccc7[nH]c(C8CC9(C)CC9N8)nc76)c5)cc4[nH]3)NC1C2. The van der Waals surface area contributed by atoms with Crippen LogP contribution >= 0.6 is 0 Å². The maximum Gasteiger partial charge on any atom is 0.124 e. The molecule has 2 aliphatic heterocycles. The molecule has 6 heteroatoms. The second-order valence-electron chi connectivity index (χ2n) is 12.8. The van der Waals surface area contributed by atoms with Crippen LogP contribution in [0.15, 0.2) is 48.5 Å². The van der Waals surface area contributed by atoms with Gasteiger partial charge in [-0.2, -0.15) is 0 Å². The number of nitrogens with one attached hydrogen (secondary N) is 4. The first-order chi connectivity index (χ1) is 18.4. The summed E-state index contributed by atoms with van der Waals surface area (Å²) in [6.45, 7) is 4.75. The van der Waals surface area contributed by atoms with Gasteiger partial charge >= 0.3 is 0 Å². The summed E-state index contributed by atoms with van der Waals surface area (Å²) in [5.74, 6) is 8.85. The van der Waals surface area contributed by atoms with Gasteiger partial charge < -0.3 is 20.6 Å². The van der Waals surface area contributed by atoms with Crippen molar-refractivity contribution in [2.75, 3.05) is 0 Å². The maximum absolute atomic E-state index is 5.03. The highest BCUT2D eigenvalue weighted by Gasteiger charge is 2.58. The highest BCUT2D eigenvalue weighted by molar-refractivity contribution is 6.04. The Labute approximate surface area is 221 Å². The van der Waals surface area contributed by atoms with E-state index in [2.05, 4.69) is 94.8 Å². The van der Waals surface area contributed by atoms with Crippen LogP contribution in [0.2, 0.25) is 0 Å². The molecule has 2 saturated carbocycles. The van der Waals surface area contributed by atoms with Crippen LogP contribution in [0, 0.1) is 22.7 Å². The lowest BCUT2D eigenvalue weighted by molar-refractivity contribution is 0.489. The number of imidazole rings is 2. The van der Waals surface area contributed by atoms with Crippen molar-refractivity contribution in [3.05, 3.63) is 71.3 Å². The maximum atomic E-state index is 5.03. The Morgan fingerprint density at radius 2 is 1.37 bits per heavy atom. The first kappa shape index (κ1) is 21.3. The fraction of sp³-hybridized carbons (Fsp3) is 0.375. The molecule has 6 atom stereocenters. The Hall–Kier alpha value is -3.66. The summed E-state index contributed by atoms with van der Waals surface area (Å²) < 4.78 is 0. The lowest BCUT2D eigenvalue weighted by atomic mass is 10.0. The van der Waals surface area contributed by atoms with Crippen molar-refractivity contribution in [3.8, 4) is 11.8 Å². The Morgan fingerprint density at radius 1 is 0.711 bits per heavy atom. The number of hydrogen-bond acceptors (Lipinski definition) is 4. The molecule has 3 aromatic carbocycles. The van der Waals surface area contributed by atoms with Crippen LogP contribution in [-0.4, -0.2) is 32.0 Å². The molecular weight excluding hydrogens is 468 g/mol. The molecule has 0 spiro atoms. The molecule has 4 heterocycles. The molecule has 2 aliphatic carbocycles. The summed E-state index contributed by atoms with van der Waals surface area (Å²) >= 11 is 0. The first-order valence-electron chi connectivity index (χ1n) is 13.9. The van der Waals surface area contributed by atoms with E-state index in [1.54, 1.807) is 0 Å². The zero-order valence-electron chi connectivity index (χ0n) is 21.7. The molecule has 0 amide bonds. The predicted molar refractivity (Wildman–Crippen MR) is 150 cm³/mol. The van der Waals surface area contributed by atoms with Gasteiger partial charge in [0.25, 0.3) is 0 Å². The molecular formula is C32H30N6. The van der Waals surface area contributed by atoms with Gasteiger partial charge in [0.15, 0.2) is 0 Å². The van der Waals surface area contributed by atoms with Gasteiger partial charge in [0.2, 0.25) is 0 Å². The zero-order chi connectivity index (χ0) is 25.2. The number of rotatable bonds is 2. The fourth-order valence-corrected chi connectivity index (χ4v) is 7.15. The number of nitrogens with zero attached hydrogens (tertiary/aromatic N) is 2. The van der Waals surface area contributed by atoms with Crippen molar-refractivity contribution in [2.45, 2.75) is 63.7 Å². The van der Waals surface area contributed by atoms with Crippen LogP contribution in [0.4, 0.5) is 0 Å². The Kier molecular flexibility index (Phi) is 3.95. The van der Waals surface area contributed by atoms with E-state index in [1.165, 1.54) is 23.6 Å². The number of H-pyrrole nitrogens is 2. The highest BCUT2D eigenvalue weighted by Crippen LogP contribution is 2.58. The van der Waals surface area contributed by atoms with Gasteiger partial charge in [-0.15, -0.1) is 0 Å². The van der Waals surface area contributed by atoms with Gasteiger partial charge in [0, 0.05) is 28.6 Å². The second kappa shape index (κ2) is 7.05. The largest absolute Gasteiger partial charge is 0.341 e. The van der Waals surface area contributed by atoms with Gasteiger partial charge in [0.05, 0.1) is 34.2 Å². The summed E-state index contributed by atoms with van der Waals surface area (Å²) in [7, 11) is 0. The minimum absolute atomic E-state index is 0.331. The van der Waals surface area contributed by atoms with Crippen LogP contribution < -0.4 is 10.6 Å². The minimum Gasteiger partial charge on any atom is -0.341 e. The predicted octanol–water partition coefficient (Wildman–Crippen LogP) is 5.62. The molecule has 188 valence electrons. The smallest absolute Gasteiger partial charge is 0.124 e. The molecule has 6 unspecified atom stereocenters. The van der Waals surface area contributed by atoms with E-state index in [4.69, 9.17) is 9.97 Å². The summed E-state index contributed by atoms with van der Waals surface area (Å²) in [4.78, 5) is 17.0. The Bertz CT molecular complexity index is 1870. The van der Waals surface area contributed by atoms with Crippen molar-refractivity contribution < 1.29 is 0 Å². The quantitative estimate of drug-likeness (QED) is 0.238. The number of aromatic amines is 2.